The summed E-state index contributed by atoms with van der Waals surface area (Å²) in [6.45, 7) is 0. The standard InChI is InChI=1S/C15H13N3O4S3/c1-22-12-3-2-10(6-13(12)25(16,20)21)17-14(19)11-8-24-15(18-11)9-4-5-23-7-9/h2-8H,1H3,(H,17,19)(H2,16,20,21). The molecule has 10 heteroatoms. The fourth-order valence-electron chi connectivity index (χ4n) is 2.07. The van der Waals surface area contributed by atoms with Crippen LogP contribution in [-0.4, -0.2) is 26.4 Å². The van der Waals surface area contributed by atoms with Gasteiger partial charge in [-0.2, -0.15) is 11.3 Å². The van der Waals surface area contributed by atoms with Crippen LogP contribution in [-0.2, 0) is 10.0 Å². The van der Waals surface area contributed by atoms with Crippen LogP contribution in [0, 0.1) is 0 Å². The minimum atomic E-state index is -3.98. The first-order chi connectivity index (χ1) is 11.9. The van der Waals surface area contributed by atoms with Crippen molar-refractivity contribution in [2.45, 2.75) is 4.90 Å². The fourth-order valence-corrected chi connectivity index (χ4v) is 4.30. The number of benzene rings is 1. The largest absolute Gasteiger partial charge is 0.495 e. The lowest BCUT2D eigenvalue weighted by Gasteiger charge is -2.09. The lowest BCUT2D eigenvalue weighted by Crippen LogP contribution is -2.16. The summed E-state index contributed by atoms with van der Waals surface area (Å²) in [7, 11) is -2.65. The smallest absolute Gasteiger partial charge is 0.275 e. The van der Waals surface area contributed by atoms with E-state index in [4.69, 9.17) is 9.88 Å². The summed E-state index contributed by atoms with van der Waals surface area (Å²) in [5.41, 5.74) is 1.48. The number of nitrogens with two attached hydrogens (primary N) is 1. The number of hydrogen-bond donors (Lipinski definition) is 2. The average Bonchev–Trinajstić information content (AvgIpc) is 3.25. The van der Waals surface area contributed by atoms with E-state index in [2.05, 4.69) is 10.3 Å². The quantitative estimate of drug-likeness (QED) is 0.690. The van der Waals surface area contributed by atoms with E-state index in [0.29, 0.717) is 0 Å². The second-order valence-electron chi connectivity index (χ2n) is 4.91. The minimum Gasteiger partial charge on any atom is -0.495 e. The molecule has 2 heterocycles. The van der Waals surface area contributed by atoms with Gasteiger partial charge in [-0.25, -0.2) is 18.5 Å². The molecule has 1 amide bonds. The van der Waals surface area contributed by atoms with Gasteiger partial charge in [0.15, 0.2) is 0 Å². The number of thiophene rings is 1. The zero-order chi connectivity index (χ0) is 18.0. The zero-order valence-electron chi connectivity index (χ0n) is 12.9. The average molecular weight is 395 g/mol. The Balaban J connectivity index is 1.84. The predicted molar refractivity (Wildman–Crippen MR) is 97.7 cm³/mol. The Morgan fingerprint density at radius 3 is 2.72 bits per heavy atom. The van der Waals surface area contributed by atoms with Crippen molar-refractivity contribution in [2.24, 2.45) is 5.14 Å². The van der Waals surface area contributed by atoms with Gasteiger partial charge in [-0.3, -0.25) is 4.79 Å². The van der Waals surface area contributed by atoms with Gasteiger partial charge in [-0.05, 0) is 29.6 Å². The molecule has 3 N–H and O–H groups in total. The predicted octanol–water partition coefficient (Wildman–Crippen LogP) is 2.78. The molecule has 0 spiro atoms. The van der Waals surface area contributed by atoms with Crippen molar-refractivity contribution in [2.75, 3.05) is 12.4 Å². The molecular weight excluding hydrogens is 382 g/mol. The number of carbonyl (C=O) groups is 1. The number of nitrogens with zero attached hydrogens (tertiary/aromatic N) is 1. The number of methoxy groups -OCH3 is 1. The van der Waals surface area contributed by atoms with Crippen molar-refractivity contribution in [3.05, 3.63) is 46.1 Å². The molecule has 0 radical (unpaired) electrons. The van der Waals surface area contributed by atoms with E-state index in [9.17, 15) is 13.2 Å². The van der Waals surface area contributed by atoms with Crippen LogP contribution < -0.4 is 15.2 Å². The first-order valence-corrected chi connectivity index (χ1v) is 10.3. The molecule has 7 nitrogen and oxygen atoms in total. The van der Waals surface area contributed by atoms with E-state index in [0.717, 1.165) is 10.6 Å². The number of ether oxygens (including phenoxy) is 1. The Hall–Kier alpha value is -2.27. The van der Waals surface area contributed by atoms with Crippen LogP contribution in [0.5, 0.6) is 5.75 Å². The third-order valence-corrected chi connectivity index (χ3v) is 5.74. The normalized spacial score (nSPS) is 11.3. The number of thiazole rings is 1. The summed E-state index contributed by atoms with van der Waals surface area (Å²) in [4.78, 5) is 16.4. The molecule has 0 aliphatic rings. The number of anilines is 1. The topological polar surface area (TPSA) is 111 Å². The van der Waals surface area contributed by atoms with E-state index in [-0.39, 0.29) is 22.0 Å². The number of sulfonamides is 1. The summed E-state index contributed by atoms with van der Waals surface area (Å²) in [6, 6.07) is 6.12. The Bertz CT molecular complexity index is 1010. The highest BCUT2D eigenvalue weighted by Gasteiger charge is 2.18. The lowest BCUT2D eigenvalue weighted by atomic mass is 10.3. The Kier molecular flexibility index (Phi) is 4.86. The number of carbonyl (C=O) groups excluding carboxylic acids is 1. The van der Waals surface area contributed by atoms with Gasteiger partial charge in [0, 0.05) is 22.0 Å². The molecule has 25 heavy (non-hydrogen) atoms. The summed E-state index contributed by atoms with van der Waals surface area (Å²) < 4.78 is 28.2. The maximum atomic E-state index is 12.3. The number of hydrogen-bond acceptors (Lipinski definition) is 7. The van der Waals surface area contributed by atoms with E-state index in [1.807, 2.05) is 16.8 Å². The minimum absolute atomic E-state index is 0.105. The third-order valence-electron chi connectivity index (χ3n) is 3.23. The second kappa shape index (κ2) is 6.92. The molecule has 0 saturated carbocycles. The van der Waals surface area contributed by atoms with E-state index < -0.39 is 15.9 Å². The molecule has 1 aromatic carbocycles. The van der Waals surface area contributed by atoms with Crippen molar-refractivity contribution in [3.8, 4) is 16.3 Å². The second-order valence-corrected chi connectivity index (χ2v) is 8.08. The molecule has 2 aromatic heterocycles. The summed E-state index contributed by atoms with van der Waals surface area (Å²) in [5.74, 6) is -0.336. The number of nitrogens with one attached hydrogen (secondary N) is 1. The molecule has 130 valence electrons. The van der Waals surface area contributed by atoms with Crippen molar-refractivity contribution in [3.63, 3.8) is 0 Å². The molecule has 3 rings (SSSR count). The van der Waals surface area contributed by atoms with Gasteiger partial charge in [-0.1, -0.05) is 0 Å². The number of amides is 1. The van der Waals surface area contributed by atoms with Crippen molar-refractivity contribution in [1.29, 1.82) is 0 Å². The Morgan fingerprint density at radius 2 is 2.08 bits per heavy atom. The first kappa shape index (κ1) is 17.5. The summed E-state index contributed by atoms with van der Waals surface area (Å²) in [5, 5.41) is 14.1. The monoisotopic (exact) mass is 395 g/mol. The highest BCUT2D eigenvalue weighted by atomic mass is 32.2. The number of primary sulfonamides is 1. The van der Waals surface area contributed by atoms with Crippen LogP contribution in [0.3, 0.4) is 0 Å². The van der Waals surface area contributed by atoms with Gasteiger partial charge in [0.25, 0.3) is 5.91 Å². The molecule has 0 aliphatic carbocycles. The van der Waals surface area contributed by atoms with Crippen LogP contribution in [0.1, 0.15) is 10.5 Å². The first-order valence-electron chi connectivity index (χ1n) is 6.89. The molecule has 0 atom stereocenters. The van der Waals surface area contributed by atoms with Gasteiger partial charge in [0.2, 0.25) is 10.0 Å². The molecule has 0 aliphatic heterocycles. The maximum absolute atomic E-state index is 12.3. The van der Waals surface area contributed by atoms with Gasteiger partial charge in [0.05, 0.1) is 7.11 Å². The van der Waals surface area contributed by atoms with Crippen molar-refractivity contribution < 1.29 is 17.9 Å². The Labute approximate surface area is 152 Å². The van der Waals surface area contributed by atoms with Crippen molar-refractivity contribution >= 4 is 44.3 Å². The van der Waals surface area contributed by atoms with Crippen LogP contribution in [0.2, 0.25) is 0 Å². The van der Waals surface area contributed by atoms with Crippen LogP contribution in [0.25, 0.3) is 10.6 Å². The molecule has 0 bridgehead atoms. The van der Waals surface area contributed by atoms with Gasteiger partial charge in [0.1, 0.15) is 21.3 Å². The maximum Gasteiger partial charge on any atom is 0.275 e. The summed E-state index contributed by atoms with van der Waals surface area (Å²) >= 11 is 2.91. The molecule has 0 fully saturated rings. The van der Waals surface area contributed by atoms with Gasteiger partial charge < -0.3 is 10.1 Å². The van der Waals surface area contributed by atoms with E-state index in [1.165, 1.54) is 36.6 Å². The van der Waals surface area contributed by atoms with Crippen LogP contribution in [0.15, 0.2) is 45.3 Å². The number of aromatic nitrogens is 1. The SMILES string of the molecule is COc1ccc(NC(=O)c2csc(-c3ccsc3)n2)cc1S(N)(=O)=O. The number of rotatable bonds is 5. The highest BCUT2D eigenvalue weighted by molar-refractivity contribution is 7.89. The lowest BCUT2D eigenvalue weighted by molar-refractivity contribution is 0.102. The van der Waals surface area contributed by atoms with Crippen molar-refractivity contribution in [1.82, 2.24) is 4.98 Å². The summed E-state index contributed by atoms with van der Waals surface area (Å²) in [6.07, 6.45) is 0. The molecular formula is C15H13N3O4S3. The fraction of sp³-hybridized carbons (Fsp3) is 0.0667. The molecule has 0 saturated heterocycles. The molecule has 0 unspecified atom stereocenters. The highest BCUT2D eigenvalue weighted by Crippen LogP contribution is 2.28. The third kappa shape index (κ3) is 3.87. The van der Waals surface area contributed by atoms with Crippen LogP contribution in [0.4, 0.5) is 5.69 Å². The zero-order valence-corrected chi connectivity index (χ0v) is 15.4. The van der Waals surface area contributed by atoms with E-state index >= 15 is 0 Å². The van der Waals surface area contributed by atoms with Crippen LogP contribution >= 0.6 is 22.7 Å². The van der Waals surface area contributed by atoms with Gasteiger partial charge >= 0.3 is 0 Å². The van der Waals surface area contributed by atoms with Gasteiger partial charge in [-0.15, -0.1) is 11.3 Å². The van der Waals surface area contributed by atoms with E-state index in [1.54, 1.807) is 16.7 Å². The Morgan fingerprint density at radius 1 is 1.28 bits per heavy atom. The molecule has 3 aromatic rings.